The summed E-state index contributed by atoms with van der Waals surface area (Å²) in [5, 5.41) is 4.15. The van der Waals surface area contributed by atoms with Gasteiger partial charge in [0.05, 0.1) is 11.8 Å². The number of nitrogens with zero attached hydrogens (tertiary/aromatic N) is 1. The molecule has 4 nitrogen and oxygen atoms in total. The van der Waals surface area contributed by atoms with Crippen LogP contribution in [0.3, 0.4) is 0 Å². The molecule has 2 N–H and O–H groups in total. The molecule has 1 aromatic rings. The van der Waals surface area contributed by atoms with E-state index >= 15 is 0 Å². The lowest BCUT2D eigenvalue weighted by Crippen LogP contribution is -2.37. The first-order valence-corrected chi connectivity index (χ1v) is 7.65. The van der Waals surface area contributed by atoms with Crippen LogP contribution < -0.4 is 5.32 Å². The van der Waals surface area contributed by atoms with Crippen molar-refractivity contribution in [2.45, 2.75) is 64.6 Å². The molecule has 19 heavy (non-hydrogen) atoms. The molecule has 1 saturated heterocycles. The summed E-state index contributed by atoms with van der Waals surface area (Å²) in [5.41, 5.74) is 1.01. The van der Waals surface area contributed by atoms with Crippen molar-refractivity contribution in [1.29, 1.82) is 0 Å². The number of hydrogen-bond donors (Lipinski definition) is 2. The molecule has 0 amide bonds. The van der Waals surface area contributed by atoms with Crippen molar-refractivity contribution >= 4 is 11.6 Å². The number of unbranched alkanes of at least 4 members (excludes halogenated alkanes) is 1. The summed E-state index contributed by atoms with van der Waals surface area (Å²) >= 11 is 6.16. The Morgan fingerprint density at radius 1 is 1.53 bits per heavy atom. The molecule has 0 radical (unpaired) electrons. The van der Waals surface area contributed by atoms with Crippen LogP contribution in [0, 0.1) is 0 Å². The summed E-state index contributed by atoms with van der Waals surface area (Å²) in [6.07, 6.45) is 5.78. The number of aromatic amines is 1. The Balaban J connectivity index is 1.83. The zero-order chi connectivity index (χ0) is 13.7. The number of hydrogen-bond acceptors (Lipinski definition) is 3. The van der Waals surface area contributed by atoms with Gasteiger partial charge in [-0.25, -0.2) is 4.98 Å². The van der Waals surface area contributed by atoms with Crippen molar-refractivity contribution in [3.8, 4) is 0 Å². The molecule has 0 aliphatic carbocycles. The van der Waals surface area contributed by atoms with E-state index in [9.17, 15) is 0 Å². The minimum atomic E-state index is 0.351. The van der Waals surface area contributed by atoms with E-state index in [0.717, 1.165) is 50.4 Å². The van der Waals surface area contributed by atoms with Crippen LogP contribution in [0.5, 0.6) is 0 Å². The molecular weight excluding hydrogens is 262 g/mol. The smallest absolute Gasteiger partial charge is 0.151 e. The first-order valence-electron chi connectivity index (χ1n) is 7.27. The van der Waals surface area contributed by atoms with Crippen LogP contribution in [0.1, 0.15) is 51.0 Å². The Kier molecular flexibility index (Phi) is 5.67. The van der Waals surface area contributed by atoms with Crippen LogP contribution >= 0.6 is 11.6 Å². The molecule has 0 spiro atoms. The van der Waals surface area contributed by atoms with E-state index in [2.05, 4.69) is 29.1 Å². The number of halogens is 1. The molecule has 0 saturated carbocycles. The summed E-state index contributed by atoms with van der Waals surface area (Å²) in [6.45, 7) is 5.91. The molecule has 1 aromatic heterocycles. The zero-order valence-corrected chi connectivity index (χ0v) is 12.6. The number of aromatic nitrogens is 2. The molecule has 0 aromatic carbocycles. The summed E-state index contributed by atoms with van der Waals surface area (Å²) in [7, 11) is 0. The Labute approximate surface area is 120 Å². The summed E-state index contributed by atoms with van der Waals surface area (Å²) in [5.74, 6) is 1.00. The van der Waals surface area contributed by atoms with Crippen LogP contribution in [0.25, 0.3) is 0 Å². The zero-order valence-electron chi connectivity index (χ0n) is 11.8. The first kappa shape index (κ1) is 14.8. The van der Waals surface area contributed by atoms with Gasteiger partial charge in [0.1, 0.15) is 5.82 Å². The van der Waals surface area contributed by atoms with Crippen LogP contribution in [-0.2, 0) is 17.7 Å². The minimum Gasteiger partial charge on any atom is -0.378 e. The van der Waals surface area contributed by atoms with Crippen molar-refractivity contribution in [3.63, 3.8) is 0 Å². The van der Waals surface area contributed by atoms with Gasteiger partial charge in [-0.15, -0.1) is 0 Å². The summed E-state index contributed by atoms with van der Waals surface area (Å²) in [6, 6.07) is 0.516. The fourth-order valence-corrected chi connectivity index (χ4v) is 2.67. The Morgan fingerprint density at radius 2 is 2.37 bits per heavy atom. The molecule has 1 aliphatic heterocycles. The van der Waals surface area contributed by atoms with Crippen LogP contribution in [0.15, 0.2) is 0 Å². The minimum absolute atomic E-state index is 0.351. The fraction of sp³-hybridized carbons (Fsp3) is 0.786. The van der Waals surface area contributed by atoms with Crippen molar-refractivity contribution in [3.05, 3.63) is 16.7 Å². The second-order valence-corrected chi connectivity index (χ2v) is 5.70. The highest BCUT2D eigenvalue weighted by molar-refractivity contribution is 6.30. The first-order chi connectivity index (χ1) is 9.19. The molecule has 1 aliphatic rings. The fourth-order valence-electron chi connectivity index (χ4n) is 2.45. The van der Waals surface area contributed by atoms with Crippen molar-refractivity contribution in [2.24, 2.45) is 0 Å². The molecule has 2 atom stereocenters. The monoisotopic (exact) mass is 285 g/mol. The third-order valence-corrected chi connectivity index (χ3v) is 3.91. The van der Waals surface area contributed by atoms with Gasteiger partial charge < -0.3 is 15.0 Å². The van der Waals surface area contributed by atoms with Crippen LogP contribution in [0.4, 0.5) is 0 Å². The summed E-state index contributed by atoms with van der Waals surface area (Å²) in [4.78, 5) is 7.70. The molecular formula is C14H24ClN3O. The van der Waals surface area contributed by atoms with E-state index in [1.54, 1.807) is 0 Å². The van der Waals surface area contributed by atoms with E-state index in [1.807, 2.05) is 0 Å². The third kappa shape index (κ3) is 4.48. The Hall–Kier alpha value is -0.580. The second-order valence-electron chi connectivity index (χ2n) is 5.34. The van der Waals surface area contributed by atoms with E-state index in [1.165, 1.54) is 6.42 Å². The highest BCUT2D eigenvalue weighted by Crippen LogP contribution is 2.17. The number of aryl methyl sites for hydroxylation is 1. The normalized spacial score (nSPS) is 23.7. The molecule has 2 rings (SSSR count). The number of rotatable bonds is 6. The van der Waals surface area contributed by atoms with Gasteiger partial charge in [0.15, 0.2) is 5.15 Å². The molecule has 2 heterocycles. The van der Waals surface area contributed by atoms with Gasteiger partial charge >= 0.3 is 0 Å². The van der Waals surface area contributed by atoms with Crippen LogP contribution in [0.2, 0.25) is 5.15 Å². The summed E-state index contributed by atoms with van der Waals surface area (Å²) < 4.78 is 5.55. The van der Waals surface area contributed by atoms with E-state index < -0.39 is 0 Å². The lowest BCUT2D eigenvalue weighted by Gasteiger charge is -2.27. The largest absolute Gasteiger partial charge is 0.378 e. The number of imidazole rings is 1. The standard InChI is InChI=1S/C14H24ClN3O/c1-3-4-5-13-17-12(14(15)18-13)9-16-11-6-7-19-10(2)8-11/h10-11,16H,3-9H2,1-2H3,(H,17,18). The predicted molar refractivity (Wildman–Crippen MR) is 77.5 cm³/mol. The van der Waals surface area contributed by atoms with Crippen molar-refractivity contribution in [1.82, 2.24) is 15.3 Å². The van der Waals surface area contributed by atoms with Gasteiger partial charge in [-0.05, 0) is 26.2 Å². The lowest BCUT2D eigenvalue weighted by molar-refractivity contribution is 0.0130. The van der Waals surface area contributed by atoms with E-state index in [4.69, 9.17) is 16.3 Å². The maximum atomic E-state index is 6.16. The Bertz CT molecular complexity index is 394. The lowest BCUT2D eigenvalue weighted by atomic mass is 10.0. The van der Waals surface area contributed by atoms with E-state index in [-0.39, 0.29) is 0 Å². The molecule has 1 fully saturated rings. The number of nitrogens with one attached hydrogen (secondary N) is 2. The topological polar surface area (TPSA) is 49.9 Å². The van der Waals surface area contributed by atoms with Gasteiger partial charge in [-0.2, -0.15) is 0 Å². The van der Waals surface area contributed by atoms with Gasteiger partial charge in [-0.1, -0.05) is 24.9 Å². The highest BCUT2D eigenvalue weighted by atomic mass is 35.5. The predicted octanol–water partition coefficient (Wildman–Crippen LogP) is 3.06. The molecule has 108 valence electrons. The molecule has 0 bridgehead atoms. The molecule has 5 heteroatoms. The molecule has 2 unspecified atom stereocenters. The maximum absolute atomic E-state index is 6.16. The van der Waals surface area contributed by atoms with E-state index in [0.29, 0.717) is 17.3 Å². The highest BCUT2D eigenvalue weighted by Gasteiger charge is 2.19. The van der Waals surface area contributed by atoms with Crippen molar-refractivity contribution in [2.75, 3.05) is 6.61 Å². The average Bonchev–Trinajstić information content (AvgIpc) is 2.75. The van der Waals surface area contributed by atoms with Crippen LogP contribution in [-0.4, -0.2) is 28.7 Å². The second kappa shape index (κ2) is 7.27. The van der Waals surface area contributed by atoms with Gasteiger partial charge in [0.25, 0.3) is 0 Å². The number of H-pyrrole nitrogens is 1. The average molecular weight is 286 g/mol. The maximum Gasteiger partial charge on any atom is 0.151 e. The van der Waals surface area contributed by atoms with Gasteiger partial charge in [0.2, 0.25) is 0 Å². The van der Waals surface area contributed by atoms with Gasteiger partial charge in [0, 0.05) is 25.6 Å². The van der Waals surface area contributed by atoms with Gasteiger partial charge in [-0.3, -0.25) is 0 Å². The third-order valence-electron chi connectivity index (χ3n) is 3.60. The quantitative estimate of drug-likeness (QED) is 0.844. The van der Waals surface area contributed by atoms with Crippen molar-refractivity contribution < 1.29 is 4.74 Å². The SMILES string of the molecule is CCCCc1nc(Cl)c(CNC2CCOC(C)C2)[nH]1. The Morgan fingerprint density at radius 3 is 3.11 bits per heavy atom. The number of ether oxygens (including phenoxy) is 1.